The summed E-state index contributed by atoms with van der Waals surface area (Å²) < 4.78 is 0. The molecular formula is C10H12ClNNa4O+4. The monoisotopic (exact) mass is 289 g/mol. The van der Waals surface area contributed by atoms with Gasteiger partial charge in [-0.1, -0.05) is 30.3 Å². The number of alkyl halides is 1. The number of halogens is 1. The molecule has 0 atom stereocenters. The quantitative estimate of drug-likeness (QED) is 0.433. The van der Waals surface area contributed by atoms with Crippen molar-refractivity contribution in [2.75, 3.05) is 5.88 Å². The average Bonchev–Trinajstić information content (AvgIpc) is 2.17. The summed E-state index contributed by atoms with van der Waals surface area (Å²) in [4.78, 5) is 11.0. The molecule has 1 amide bonds. The van der Waals surface area contributed by atoms with E-state index in [2.05, 4.69) is 5.32 Å². The Bertz CT molecular complexity index is 274. The third kappa shape index (κ3) is 15.2. The molecule has 1 rings (SSSR count). The molecule has 0 aliphatic rings. The van der Waals surface area contributed by atoms with Gasteiger partial charge >= 0.3 is 118 Å². The number of carbonyl (C=O) groups excluding carboxylic acids is 1. The van der Waals surface area contributed by atoms with E-state index in [-0.39, 0.29) is 124 Å². The summed E-state index contributed by atoms with van der Waals surface area (Å²) in [5.74, 6) is 0.375. The molecule has 70 valence electrons. The second-order valence-corrected chi connectivity index (χ2v) is 3.08. The van der Waals surface area contributed by atoms with E-state index in [9.17, 15) is 4.79 Å². The number of nitrogens with one attached hydrogen (secondary N) is 1. The van der Waals surface area contributed by atoms with Crippen LogP contribution in [0.4, 0.5) is 0 Å². The first-order valence-corrected chi connectivity index (χ1v) is 4.73. The van der Waals surface area contributed by atoms with Gasteiger partial charge in [0.2, 0.25) is 5.91 Å². The fraction of sp³-hybridized carbons (Fsp3) is 0.300. The fourth-order valence-corrected chi connectivity index (χ4v) is 1.14. The van der Waals surface area contributed by atoms with E-state index in [4.69, 9.17) is 11.6 Å². The van der Waals surface area contributed by atoms with E-state index in [1.165, 1.54) is 0 Å². The summed E-state index contributed by atoms with van der Waals surface area (Å²) >= 11 is 5.42. The van der Waals surface area contributed by atoms with Crippen LogP contribution in [0.2, 0.25) is 0 Å². The van der Waals surface area contributed by atoms with E-state index in [1.807, 2.05) is 30.3 Å². The Hall–Kier alpha value is 2.98. The number of amides is 1. The minimum atomic E-state index is -0.00106. The molecule has 7 heteroatoms. The van der Waals surface area contributed by atoms with Crippen molar-refractivity contribution in [1.29, 1.82) is 0 Å². The predicted octanol–water partition coefficient (Wildman–Crippen LogP) is -10.1. The summed E-state index contributed by atoms with van der Waals surface area (Å²) in [6, 6.07) is 9.79. The normalized spacial score (nSPS) is 7.35. The Morgan fingerprint density at radius 1 is 1.06 bits per heavy atom. The zero-order valence-electron chi connectivity index (χ0n) is 11.3. The minimum absolute atomic E-state index is 0. The van der Waals surface area contributed by atoms with Gasteiger partial charge in [0.15, 0.2) is 0 Å². The Balaban J connectivity index is -0.000000211. The second-order valence-electron chi connectivity index (χ2n) is 2.70. The van der Waals surface area contributed by atoms with Crippen molar-refractivity contribution in [3.63, 3.8) is 0 Å². The number of rotatable bonds is 4. The maximum atomic E-state index is 11.0. The smallest absolute Gasteiger partial charge is 0.352 e. The van der Waals surface area contributed by atoms with Crippen LogP contribution in [-0.2, 0) is 11.3 Å². The minimum Gasteiger partial charge on any atom is -0.352 e. The molecule has 0 spiro atoms. The van der Waals surface area contributed by atoms with Gasteiger partial charge in [0.1, 0.15) is 0 Å². The molecule has 2 nitrogen and oxygen atoms in total. The molecule has 0 unspecified atom stereocenters. The fourth-order valence-electron chi connectivity index (χ4n) is 0.971. The van der Waals surface area contributed by atoms with Gasteiger partial charge in [0.25, 0.3) is 0 Å². The van der Waals surface area contributed by atoms with Gasteiger partial charge in [-0.3, -0.25) is 4.79 Å². The Morgan fingerprint density at radius 2 is 1.59 bits per heavy atom. The molecule has 0 heterocycles. The maximum absolute atomic E-state index is 11.0. The summed E-state index contributed by atoms with van der Waals surface area (Å²) in [6.07, 6.45) is 0.383. The van der Waals surface area contributed by atoms with Crippen LogP contribution in [0.3, 0.4) is 0 Å². The van der Waals surface area contributed by atoms with Gasteiger partial charge in [-0.2, -0.15) is 0 Å². The van der Waals surface area contributed by atoms with Gasteiger partial charge in [-0.15, -0.1) is 11.6 Å². The number of benzene rings is 1. The summed E-state index contributed by atoms with van der Waals surface area (Å²) in [7, 11) is 0. The zero-order valence-corrected chi connectivity index (χ0v) is 20.1. The van der Waals surface area contributed by atoms with Crippen molar-refractivity contribution in [3.05, 3.63) is 35.9 Å². The van der Waals surface area contributed by atoms with Gasteiger partial charge < -0.3 is 5.32 Å². The van der Waals surface area contributed by atoms with Crippen molar-refractivity contribution in [2.45, 2.75) is 13.0 Å². The van der Waals surface area contributed by atoms with Crippen molar-refractivity contribution >= 4 is 17.5 Å². The van der Waals surface area contributed by atoms with Crippen molar-refractivity contribution in [1.82, 2.24) is 5.32 Å². The van der Waals surface area contributed by atoms with Crippen LogP contribution in [0.25, 0.3) is 0 Å². The maximum Gasteiger partial charge on any atom is 1.00 e. The molecule has 1 N–H and O–H groups in total. The molecule has 0 radical (unpaired) electrons. The molecule has 0 bridgehead atoms. The molecule has 1 aromatic rings. The number of hydrogen-bond acceptors (Lipinski definition) is 1. The van der Waals surface area contributed by atoms with Crippen molar-refractivity contribution < 1.29 is 123 Å². The van der Waals surface area contributed by atoms with Crippen LogP contribution < -0.4 is 124 Å². The molecule has 0 aliphatic heterocycles. The van der Waals surface area contributed by atoms with E-state index in [1.54, 1.807) is 0 Å². The first kappa shape index (κ1) is 28.2. The summed E-state index contributed by atoms with van der Waals surface area (Å²) in [6.45, 7) is 0.580. The first-order chi connectivity index (χ1) is 6.33. The Labute approximate surface area is 197 Å². The SMILES string of the molecule is O=C(CCCl)NCc1ccccc1.[Na+].[Na+].[Na+].[Na+]. The van der Waals surface area contributed by atoms with Crippen LogP contribution in [-0.4, -0.2) is 11.8 Å². The second kappa shape index (κ2) is 19.0. The zero-order chi connectivity index (χ0) is 9.52. The molecule has 0 saturated heterocycles. The van der Waals surface area contributed by atoms with Crippen LogP contribution in [0.5, 0.6) is 0 Å². The van der Waals surface area contributed by atoms with E-state index >= 15 is 0 Å². The van der Waals surface area contributed by atoms with E-state index in [0.29, 0.717) is 18.8 Å². The third-order valence-corrected chi connectivity index (χ3v) is 1.84. The van der Waals surface area contributed by atoms with Gasteiger partial charge in [-0.25, -0.2) is 0 Å². The van der Waals surface area contributed by atoms with Gasteiger partial charge in [0, 0.05) is 18.8 Å². The van der Waals surface area contributed by atoms with Crippen LogP contribution in [0.1, 0.15) is 12.0 Å². The third-order valence-electron chi connectivity index (χ3n) is 1.65. The summed E-state index contributed by atoms with van der Waals surface area (Å²) in [5.41, 5.74) is 1.10. The number of carbonyl (C=O) groups is 1. The Kier molecular flexibility index (Phi) is 31.5. The van der Waals surface area contributed by atoms with Crippen molar-refractivity contribution in [3.8, 4) is 0 Å². The van der Waals surface area contributed by atoms with Gasteiger partial charge in [-0.05, 0) is 5.56 Å². The largest absolute Gasteiger partial charge is 1.00 e. The molecule has 0 aromatic heterocycles. The predicted molar refractivity (Wildman–Crippen MR) is 53.6 cm³/mol. The molecule has 0 saturated carbocycles. The van der Waals surface area contributed by atoms with Crippen molar-refractivity contribution in [2.24, 2.45) is 0 Å². The molecule has 17 heavy (non-hydrogen) atoms. The number of hydrogen-bond donors (Lipinski definition) is 1. The van der Waals surface area contributed by atoms with E-state index < -0.39 is 0 Å². The molecular weight excluding hydrogens is 278 g/mol. The van der Waals surface area contributed by atoms with E-state index in [0.717, 1.165) is 5.56 Å². The first-order valence-electron chi connectivity index (χ1n) is 4.19. The topological polar surface area (TPSA) is 29.1 Å². The molecule has 0 fully saturated rings. The van der Waals surface area contributed by atoms with Crippen LogP contribution in [0, 0.1) is 0 Å². The van der Waals surface area contributed by atoms with Crippen LogP contribution >= 0.6 is 11.6 Å². The Morgan fingerprint density at radius 3 is 2.06 bits per heavy atom. The summed E-state index contributed by atoms with van der Waals surface area (Å²) in [5, 5.41) is 2.78. The molecule has 0 aliphatic carbocycles. The average molecular weight is 290 g/mol. The van der Waals surface area contributed by atoms with Crippen LogP contribution in [0.15, 0.2) is 30.3 Å². The standard InChI is InChI=1S/C10H12ClNO.4Na/c11-7-6-10(13)12-8-9-4-2-1-3-5-9;;;;/h1-5H,6-8H2,(H,12,13);;;;/q;4*+1. The molecule has 1 aromatic carbocycles. The van der Waals surface area contributed by atoms with Gasteiger partial charge in [0.05, 0.1) is 0 Å².